The standard InChI is InChI=1S/C21H20ClFN2O3/c22-15-6-7-18-19(13-15)28-21(27)25(18)10-8-20(26)24-9-2-5-17(24)12-14-3-1-4-16(23)11-14/h1,3-4,6-7,11,13,17H,2,5,8-10,12H2/t17-/m1/s1. The van der Waals surface area contributed by atoms with Crippen molar-refractivity contribution < 1.29 is 13.6 Å². The van der Waals surface area contributed by atoms with Crippen molar-refractivity contribution in [3.63, 3.8) is 0 Å². The van der Waals surface area contributed by atoms with E-state index >= 15 is 0 Å². The second-order valence-corrected chi connectivity index (χ2v) is 7.54. The Bertz CT molecular complexity index is 1070. The molecule has 0 spiro atoms. The summed E-state index contributed by atoms with van der Waals surface area (Å²) >= 11 is 5.93. The third-order valence-corrected chi connectivity index (χ3v) is 5.47. The van der Waals surface area contributed by atoms with Crippen molar-refractivity contribution in [3.8, 4) is 0 Å². The van der Waals surface area contributed by atoms with Crippen molar-refractivity contribution in [2.75, 3.05) is 6.54 Å². The molecule has 7 heteroatoms. The minimum atomic E-state index is -0.497. The molecule has 2 aromatic carbocycles. The fourth-order valence-corrected chi connectivity index (χ4v) is 4.08. The molecule has 0 N–H and O–H groups in total. The summed E-state index contributed by atoms with van der Waals surface area (Å²) in [6.45, 7) is 0.935. The molecular formula is C21H20ClFN2O3. The Morgan fingerprint density at radius 1 is 1.25 bits per heavy atom. The first-order valence-electron chi connectivity index (χ1n) is 9.34. The van der Waals surface area contributed by atoms with Gasteiger partial charge in [0.05, 0.1) is 5.52 Å². The van der Waals surface area contributed by atoms with Crippen LogP contribution in [0.5, 0.6) is 0 Å². The number of halogens is 2. The highest BCUT2D eigenvalue weighted by Crippen LogP contribution is 2.23. The molecule has 1 atom stereocenters. The number of oxazole rings is 1. The van der Waals surface area contributed by atoms with Gasteiger partial charge in [-0.2, -0.15) is 0 Å². The van der Waals surface area contributed by atoms with E-state index in [0.29, 0.717) is 29.1 Å². The number of benzene rings is 2. The molecule has 1 aromatic heterocycles. The highest BCUT2D eigenvalue weighted by atomic mass is 35.5. The van der Waals surface area contributed by atoms with Crippen LogP contribution in [0.25, 0.3) is 11.1 Å². The molecule has 1 fully saturated rings. The second-order valence-electron chi connectivity index (χ2n) is 7.10. The zero-order chi connectivity index (χ0) is 19.7. The predicted molar refractivity (Wildman–Crippen MR) is 105 cm³/mol. The number of hydrogen-bond donors (Lipinski definition) is 0. The molecule has 0 bridgehead atoms. The van der Waals surface area contributed by atoms with Crippen molar-refractivity contribution in [2.45, 2.75) is 38.3 Å². The van der Waals surface area contributed by atoms with E-state index in [0.717, 1.165) is 18.4 Å². The number of carbonyl (C=O) groups excluding carboxylic acids is 1. The van der Waals surface area contributed by atoms with Crippen LogP contribution in [0.3, 0.4) is 0 Å². The lowest BCUT2D eigenvalue weighted by Crippen LogP contribution is -2.37. The summed E-state index contributed by atoms with van der Waals surface area (Å²) in [6, 6.07) is 11.6. The van der Waals surface area contributed by atoms with Gasteiger partial charge in [-0.1, -0.05) is 23.7 Å². The number of fused-ring (bicyclic) bond motifs is 1. The summed E-state index contributed by atoms with van der Waals surface area (Å²) in [5.41, 5.74) is 1.92. The Morgan fingerprint density at radius 2 is 2.11 bits per heavy atom. The first-order valence-corrected chi connectivity index (χ1v) is 9.72. The Hall–Kier alpha value is -2.60. The molecule has 4 rings (SSSR count). The van der Waals surface area contributed by atoms with Crippen molar-refractivity contribution in [3.05, 3.63) is 69.4 Å². The molecule has 1 aliphatic rings. The average Bonchev–Trinajstić information content (AvgIpc) is 3.23. The van der Waals surface area contributed by atoms with E-state index in [1.807, 2.05) is 11.0 Å². The first-order chi connectivity index (χ1) is 13.5. The van der Waals surface area contributed by atoms with E-state index < -0.39 is 5.76 Å². The zero-order valence-electron chi connectivity index (χ0n) is 15.2. The third-order valence-electron chi connectivity index (χ3n) is 5.24. The molecule has 28 heavy (non-hydrogen) atoms. The number of likely N-dealkylation sites (tertiary alicyclic amines) is 1. The fourth-order valence-electron chi connectivity index (χ4n) is 3.92. The molecular weight excluding hydrogens is 383 g/mol. The van der Waals surface area contributed by atoms with Crippen LogP contribution >= 0.6 is 11.6 Å². The fraction of sp³-hybridized carbons (Fsp3) is 0.333. The predicted octanol–water partition coefficient (Wildman–Crippen LogP) is 4.01. The van der Waals surface area contributed by atoms with E-state index in [2.05, 4.69) is 0 Å². The smallest absolute Gasteiger partial charge is 0.408 e. The van der Waals surface area contributed by atoms with Crippen molar-refractivity contribution >= 4 is 28.6 Å². The molecule has 0 radical (unpaired) electrons. The summed E-state index contributed by atoms with van der Waals surface area (Å²) < 4.78 is 20.1. The van der Waals surface area contributed by atoms with Crippen LogP contribution in [-0.2, 0) is 17.8 Å². The highest BCUT2D eigenvalue weighted by molar-refractivity contribution is 6.31. The van der Waals surface area contributed by atoms with Crippen molar-refractivity contribution in [1.82, 2.24) is 9.47 Å². The number of aromatic nitrogens is 1. The Kier molecular flexibility index (Phi) is 5.22. The summed E-state index contributed by atoms with van der Waals surface area (Å²) in [6.07, 6.45) is 2.67. The summed E-state index contributed by atoms with van der Waals surface area (Å²) in [5, 5.41) is 0.488. The van der Waals surface area contributed by atoms with Crippen LogP contribution in [0.4, 0.5) is 4.39 Å². The lowest BCUT2D eigenvalue weighted by molar-refractivity contribution is -0.132. The third kappa shape index (κ3) is 3.83. The summed E-state index contributed by atoms with van der Waals surface area (Å²) in [4.78, 5) is 26.8. The van der Waals surface area contributed by atoms with E-state index in [1.54, 1.807) is 24.3 Å². The molecule has 0 aliphatic carbocycles. The molecule has 2 heterocycles. The lowest BCUT2D eigenvalue weighted by Gasteiger charge is -2.25. The monoisotopic (exact) mass is 402 g/mol. The van der Waals surface area contributed by atoms with Crippen molar-refractivity contribution in [2.24, 2.45) is 0 Å². The molecule has 0 saturated carbocycles. The van der Waals surface area contributed by atoms with E-state index in [1.165, 1.54) is 16.7 Å². The van der Waals surface area contributed by atoms with Crippen molar-refractivity contribution in [1.29, 1.82) is 0 Å². The van der Waals surface area contributed by atoms with Crippen LogP contribution in [0.1, 0.15) is 24.8 Å². The van der Waals surface area contributed by atoms with Gasteiger partial charge in [0.25, 0.3) is 0 Å². The van der Waals surface area contributed by atoms with Crippen LogP contribution in [-0.4, -0.2) is 28.0 Å². The van der Waals surface area contributed by atoms with E-state index in [9.17, 15) is 14.0 Å². The van der Waals surface area contributed by atoms with Crippen LogP contribution in [0.2, 0.25) is 5.02 Å². The van der Waals surface area contributed by atoms with Gasteiger partial charge in [0, 0.05) is 36.6 Å². The number of amides is 1. The van der Waals surface area contributed by atoms with Gasteiger partial charge < -0.3 is 9.32 Å². The normalized spacial score (nSPS) is 16.8. The van der Waals surface area contributed by atoms with Crippen LogP contribution in [0.15, 0.2) is 51.7 Å². The second kappa shape index (κ2) is 7.80. The van der Waals surface area contributed by atoms with Crippen LogP contribution < -0.4 is 5.76 Å². The van der Waals surface area contributed by atoms with E-state index in [4.69, 9.17) is 16.0 Å². The Balaban J connectivity index is 1.45. The van der Waals surface area contributed by atoms with Crippen LogP contribution in [0, 0.1) is 5.82 Å². The molecule has 0 unspecified atom stereocenters. The molecule has 1 amide bonds. The van der Waals surface area contributed by atoms with Gasteiger partial charge in [-0.25, -0.2) is 9.18 Å². The summed E-state index contributed by atoms with van der Waals surface area (Å²) in [7, 11) is 0. The largest absolute Gasteiger partial charge is 0.419 e. The van der Waals surface area contributed by atoms with Gasteiger partial charge in [-0.3, -0.25) is 9.36 Å². The molecule has 1 saturated heterocycles. The first kappa shape index (κ1) is 18.7. The molecule has 1 aliphatic heterocycles. The van der Waals surface area contributed by atoms with E-state index in [-0.39, 0.29) is 30.7 Å². The lowest BCUT2D eigenvalue weighted by atomic mass is 10.0. The molecule has 5 nitrogen and oxygen atoms in total. The van der Waals surface area contributed by atoms with Gasteiger partial charge in [-0.15, -0.1) is 0 Å². The molecule has 146 valence electrons. The molecule has 3 aromatic rings. The number of rotatable bonds is 5. The maximum absolute atomic E-state index is 13.4. The van der Waals surface area contributed by atoms with Gasteiger partial charge >= 0.3 is 5.76 Å². The van der Waals surface area contributed by atoms with Gasteiger partial charge in [0.2, 0.25) is 5.91 Å². The number of carbonyl (C=O) groups is 1. The average molecular weight is 403 g/mol. The maximum Gasteiger partial charge on any atom is 0.419 e. The van der Waals surface area contributed by atoms with Gasteiger partial charge in [0.15, 0.2) is 5.58 Å². The SMILES string of the molecule is O=C(CCn1c(=O)oc2cc(Cl)ccc21)N1CCC[C@@H]1Cc1cccc(F)c1. The number of nitrogens with zero attached hydrogens (tertiary/aromatic N) is 2. The van der Waals surface area contributed by atoms with Gasteiger partial charge in [0.1, 0.15) is 5.82 Å². The number of aryl methyl sites for hydroxylation is 1. The number of hydrogen-bond acceptors (Lipinski definition) is 3. The quantitative estimate of drug-likeness (QED) is 0.648. The zero-order valence-corrected chi connectivity index (χ0v) is 16.0. The highest BCUT2D eigenvalue weighted by Gasteiger charge is 2.28. The maximum atomic E-state index is 13.4. The summed E-state index contributed by atoms with van der Waals surface area (Å²) in [5.74, 6) is -0.767. The Labute approximate surface area is 166 Å². The Morgan fingerprint density at radius 3 is 2.93 bits per heavy atom. The minimum Gasteiger partial charge on any atom is -0.408 e. The topological polar surface area (TPSA) is 55.5 Å². The minimum absolute atomic E-state index is 0.00545. The van der Waals surface area contributed by atoms with Gasteiger partial charge in [-0.05, 0) is 49.1 Å².